The van der Waals surface area contributed by atoms with Crippen molar-refractivity contribution in [1.29, 1.82) is 0 Å². The van der Waals surface area contributed by atoms with Gasteiger partial charge in [0.1, 0.15) is 18.2 Å². The maximum Gasteiger partial charge on any atom is 0.128 e. The van der Waals surface area contributed by atoms with Crippen molar-refractivity contribution in [2.24, 2.45) is 0 Å². The molecule has 0 radical (unpaired) electrons. The molecule has 0 aliphatic rings. The van der Waals surface area contributed by atoms with Crippen LogP contribution in [0.25, 0.3) is 0 Å². The smallest absolute Gasteiger partial charge is 0.128 e. The number of hydrogen-bond acceptors (Lipinski definition) is 3. The van der Waals surface area contributed by atoms with Gasteiger partial charge in [0.2, 0.25) is 0 Å². The zero-order chi connectivity index (χ0) is 13.1. The zero-order valence-corrected chi connectivity index (χ0v) is 12.0. The van der Waals surface area contributed by atoms with Gasteiger partial charge in [0.15, 0.2) is 0 Å². The molecule has 96 valence electrons. The number of nitrogens with zero attached hydrogens (tertiary/aromatic N) is 2. The Bertz CT molecular complexity index is 520. The molecule has 0 aliphatic heterocycles. The molecule has 0 fully saturated rings. The fourth-order valence-corrected chi connectivity index (χ4v) is 1.89. The van der Waals surface area contributed by atoms with Crippen molar-refractivity contribution in [2.75, 3.05) is 5.73 Å². The summed E-state index contributed by atoms with van der Waals surface area (Å²) in [6, 6.07) is 7.96. The van der Waals surface area contributed by atoms with Crippen LogP contribution in [0.5, 0.6) is 5.75 Å². The number of anilines is 1. The van der Waals surface area contributed by atoms with Gasteiger partial charge in [-0.25, -0.2) is 4.68 Å². The van der Waals surface area contributed by atoms with E-state index in [0.717, 1.165) is 15.8 Å². The van der Waals surface area contributed by atoms with Crippen LogP contribution in [0.1, 0.15) is 25.5 Å². The lowest BCUT2D eigenvalue weighted by molar-refractivity contribution is 0.306. The fourth-order valence-electron chi connectivity index (χ4n) is 1.62. The molecule has 0 bridgehead atoms. The minimum Gasteiger partial charge on any atom is -0.489 e. The minimum absolute atomic E-state index is 0.256. The van der Waals surface area contributed by atoms with Crippen LogP contribution in [0.2, 0.25) is 0 Å². The zero-order valence-electron chi connectivity index (χ0n) is 10.4. The van der Waals surface area contributed by atoms with E-state index in [9.17, 15) is 0 Å². The number of benzene rings is 1. The van der Waals surface area contributed by atoms with E-state index in [1.807, 2.05) is 38.1 Å². The largest absolute Gasteiger partial charge is 0.489 e. The molecule has 5 heteroatoms. The highest BCUT2D eigenvalue weighted by Crippen LogP contribution is 2.20. The van der Waals surface area contributed by atoms with E-state index in [2.05, 4.69) is 21.0 Å². The highest BCUT2D eigenvalue weighted by molar-refractivity contribution is 9.10. The second-order valence-corrected chi connectivity index (χ2v) is 5.25. The third-order valence-corrected chi connectivity index (χ3v) is 3.14. The van der Waals surface area contributed by atoms with Crippen molar-refractivity contribution in [3.05, 3.63) is 40.5 Å². The summed E-state index contributed by atoms with van der Waals surface area (Å²) in [7, 11) is 0. The SMILES string of the molecule is CC(C)n1ncc(COc2ccc(Br)cc2)c1N. The Kier molecular flexibility index (Phi) is 3.91. The lowest BCUT2D eigenvalue weighted by Crippen LogP contribution is -2.08. The van der Waals surface area contributed by atoms with Crippen molar-refractivity contribution in [3.63, 3.8) is 0 Å². The summed E-state index contributed by atoms with van der Waals surface area (Å²) in [4.78, 5) is 0. The standard InChI is InChI=1S/C13H16BrN3O/c1-9(2)17-13(15)10(7-16-17)8-18-12-5-3-11(14)4-6-12/h3-7,9H,8,15H2,1-2H3. The summed E-state index contributed by atoms with van der Waals surface area (Å²) in [5.41, 5.74) is 6.91. The molecule has 2 rings (SSSR count). The molecule has 0 spiro atoms. The average Bonchev–Trinajstić information content (AvgIpc) is 2.70. The number of hydrogen-bond donors (Lipinski definition) is 1. The number of halogens is 1. The van der Waals surface area contributed by atoms with Crippen molar-refractivity contribution in [3.8, 4) is 5.75 Å². The van der Waals surface area contributed by atoms with Crippen LogP contribution in [0.4, 0.5) is 5.82 Å². The fraction of sp³-hybridized carbons (Fsp3) is 0.308. The summed E-state index contributed by atoms with van der Waals surface area (Å²) in [6.07, 6.45) is 1.76. The Hall–Kier alpha value is -1.49. The number of nitrogens with two attached hydrogens (primary N) is 1. The van der Waals surface area contributed by atoms with Crippen molar-refractivity contribution < 1.29 is 4.74 Å². The van der Waals surface area contributed by atoms with Crippen molar-refractivity contribution in [2.45, 2.75) is 26.5 Å². The predicted octanol–water partition coefficient (Wildman–Crippen LogP) is 3.39. The van der Waals surface area contributed by atoms with E-state index in [4.69, 9.17) is 10.5 Å². The Balaban J connectivity index is 2.04. The maximum absolute atomic E-state index is 6.01. The van der Waals surface area contributed by atoms with E-state index in [-0.39, 0.29) is 6.04 Å². The molecule has 0 amide bonds. The van der Waals surface area contributed by atoms with Crippen LogP contribution in [0.3, 0.4) is 0 Å². The summed E-state index contributed by atoms with van der Waals surface area (Å²) in [6.45, 7) is 4.52. The molecular formula is C13H16BrN3O. The monoisotopic (exact) mass is 309 g/mol. The van der Waals surface area contributed by atoms with Crippen molar-refractivity contribution >= 4 is 21.7 Å². The Morgan fingerprint density at radius 3 is 2.56 bits per heavy atom. The molecule has 18 heavy (non-hydrogen) atoms. The van der Waals surface area contributed by atoms with Gasteiger partial charge >= 0.3 is 0 Å². The molecule has 0 unspecified atom stereocenters. The molecule has 2 aromatic rings. The molecule has 0 saturated heterocycles. The van der Waals surface area contributed by atoms with Gasteiger partial charge in [0.05, 0.1) is 11.8 Å². The van der Waals surface area contributed by atoms with E-state index in [1.165, 1.54) is 0 Å². The van der Waals surface area contributed by atoms with E-state index < -0.39 is 0 Å². The molecule has 0 atom stereocenters. The molecular weight excluding hydrogens is 294 g/mol. The van der Waals surface area contributed by atoms with Gasteiger partial charge in [0, 0.05) is 10.5 Å². The van der Waals surface area contributed by atoms with Crippen LogP contribution in [0.15, 0.2) is 34.9 Å². The van der Waals surface area contributed by atoms with Gasteiger partial charge in [-0.15, -0.1) is 0 Å². The normalized spacial score (nSPS) is 10.9. The topological polar surface area (TPSA) is 53.1 Å². The lowest BCUT2D eigenvalue weighted by Gasteiger charge is -2.09. The van der Waals surface area contributed by atoms with Gasteiger partial charge in [0.25, 0.3) is 0 Å². The van der Waals surface area contributed by atoms with E-state index in [1.54, 1.807) is 10.9 Å². The predicted molar refractivity (Wildman–Crippen MR) is 75.5 cm³/mol. The Morgan fingerprint density at radius 2 is 2.00 bits per heavy atom. The number of nitrogen functional groups attached to an aromatic ring is 1. The van der Waals surface area contributed by atoms with Gasteiger partial charge in [-0.3, -0.25) is 0 Å². The van der Waals surface area contributed by atoms with Gasteiger partial charge < -0.3 is 10.5 Å². The minimum atomic E-state index is 0.256. The molecule has 4 nitrogen and oxygen atoms in total. The van der Waals surface area contributed by atoms with Crippen LogP contribution >= 0.6 is 15.9 Å². The summed E-state index contributed by atoms with van der Waals surface area (Å²) in [5.74, 6) is 1.48. The first-order valence-corrected chi connectivity index (χ1v) is 6.57. The average molecular weight is 310 g/mol. The summed E-state index contributed by atoms with van der Waals surface area (Å²) < 4.78 is 8.49. The second kappa shape index (κ2) is 5.44. The number of ether oxygens (including phenoxy) is 1. The van der Waals surface area contributed by atoms with Gasteiger partial charge in [-0.2, -0.15) is 5.10 Å². The van der Waals surface area contributed by atoms with Crippen LogP contribution in [0, 0.1) is 0 Å². The molecule has 0 saturated carbocycles. The molecule has 2 N–H and O–H groups in total. The quantitative estimate of drug-likeness (QED) is 0.942. The van der Waals surface area contributed by atoms with Crippen molar-refractivity contribution in [1.82, 2.24) is 9.78 Å². The van der Waals surface area contributed by atoms with Crippen LogP contribution in [-0.2, 0) is 6.61 Å². The number of rotatable bonds is 4. The first-order valence-electron chi connectivity index (χ1n) is 5.78. The van der Waals surface area contributed by atoms with Gasteiger partial charge in [-0.05, 0) is 38.1 Å². The molecule has 1 aromatic heterocycles. The lowest BCUT2D eigenvalue weighted by atomic mass is 10.3. The highest BCUT2D eigenvalue weighted by Gasteiger charge is 2.10. The highest BCUT2D eigenvalue weighted by atomic mass is 79.9. The van der Waals surface area contributed by atoms with Gasteiger partial charge in [-0.1, -0.05) is 15.9 Å². The van der Waals surface area contributed by atoms with E-state index in [0.29, 0.717) is 12.4 Å². The molecule has 1 aromatic carbocycles. The Morgan fingerprint density at radius 1 is 1.33 bits per heavy atom. The molecule has 0 aliphatic carbocycles. The third kappa shape index (κ3) is 2.85. The maximum atomic E-state index is 6.01. The number of aromatic nitrogens is 2. The summed E-state index contributed by atoms with van der Waals surface area (Å²) >= 11 is 3.38. The van der Waals surface area contributed by atoms with Crippen LogP contribution < -0.4 is 10.5 Å². The second-order valence-electron chi connectivity index (χ2n) is 4.34. The van der Waals surface area contributed by atoms with Crippen LogP contribution in [-0.4, -0.2) is 9.78 Å². The first-order chi connectivity index (χ1) is 8.58. The third-order valence-electron chi connectivity index (χ3n) is 2.61. The van der Waals surface area contributed by atoms with E-state index >= 15 is 0 Å². The Labute approximate surface area is 115 Å². The first kappa shape index (κ1) is 13.0. The summed E-state index contributed by atoms with van der Waals surface area (Å²) in [5, 5.41) is 4.25. The molecule has 1 heterocycles.